The zero-order chi connectivity index (χ0) is 21.4. The molecule has 156 valence electrons. The fourth-order valence-electron chi connectivity index (χ4n) is 2.26. The molecule has 0 spiro atoms. The lowest BCUT2D eigenvalue weighted by atomic mass is 10.2. The van der Waals surface area contributed by atoms with E-state index in [0.717, 1.165) is 5.56 Å². The molecular weight excluding hydrogens is 420 g/mol. The molecule has 0 amide bonds. The largest absolute Gasteiger partial charge is 0.495 e. The highest BCUT2D eigenvalue weighted by molar-refractivity contribution is 7.87. The number of nitrogens with two attached hydrogens (primary N) is 2. The van der Waals surface area contributed by atoms with Crippen LogP contribution in [0.1, 0.15) is 12.0 Å². The molecule has 0 atom stereocenters. The summed E-state index contributed by atoms with van der Waals surface area (Å²) in [6.45, 7) is 2.06. The molecule has 0 aliphatic heterocycles. The Bertz CT molecular complexity index is 1020. The van der Waals surface area contributed by atoms with Crippen molar-refractivity contribution in [2.45, 2.75) is 18.2 Å². The molecule has 0 aliphatic rings. The van der Waals surface area contributed by atoms with E-state index >= 15 is 0 Å². The van der Waals surface area contributed by atoms with Crippen molar-refractivity contribution in [3.8, 4) is 17.2 Å². The quantitative estimate of drug-likeness (QED) is 0.201. The first kappa shape index (κ1) is 22.3. The van der Waals surface area contributed by atoms with Gasteiger partial charge in [-0.1, -0.05) is 11.6 Å². The van der Waals surface area contributed by atoms with Crippen LogP contribution in [0.25, 0.3) is 0 Å². The molecule has 0 unspecified atom stereocenters. The number of nitrogens with zero attached hydrogens (tertiary/aromatic N) is 2. The zero-order valence-electron chi connectivity index (χ0n) is 15.8. The molecule has 9 nitrogen and oxygen atoms in total. The van der Waals surface area contributed by atoms with E-state index in [0.29, 0.717) is 12.2 Å². The lowest BCUT2D eigenvalue weighted by Crippen LogP contribution is -2.21. The van der Waals surface area contributed by atoms with E-state index in [4.69, 9.17) is 36.7 Å². The molecule has 0 heterocycles. The van der Waals surface area contributed by atoms with Crippen molar-refractivity contribution >= 4 is 33.9 Å². The van der Waals surface area contributed by atoms with Gasteiger partial charge in [0.15, 0.2) is 0 Å². The summed E-state index contributed by atoms with van der Waals surface area (Å²) in [5, 5.41) is 7.35. The van der Waals surface area contributed by atoms with Gasteiger partial charge in [-0.3, -0.25) is 0 Å². The van der Waals surface area contributed by atoms with Gasteiger partial charge >= 0.3 is 10.1 Å². The van der Waals surface area contributed by atoms with E-state index in [9.17, 15) is 8.42 Å². The van der Waals surface area contributed by atoms with Gasteiger partial charge in [-0.2, -0.15) is 13.5 Å². The van der Waals surface area contributed by atoms with Crippen LogP contribution >= 0.6 is 11.6 Å². The second kappa shape index (κ2) is 9.99. The van der Waals surface area contributed by atoms with Crippen LogP contribution in [0.5, 0.6) is 17.2 Å². The molecule has 2 rings (SSSR count). The molecule has 11 heteroatoms. The topological polar surface area (TPSA) is 139 Å². The maximum absolute atomic E-state index is 12.7. The number of hydrogen-bond donors (Lipinski definition) is 2. The van der Waals surface area contributed by atoms with Crippen molar-refractivity contribution in [1.29, 1.82) is 0 Å². The average molecular weight is 441 g/mol. The molecule has 29 heavy (non-hydrogen) atoms. The standard InChI is InChI=1S/C18H21ClN4O5S/c1-12-8-14(27-7-3-6-22-23-18(20)21)11-15(9-12)28-29(24,25)17-10-13(19)4-5-16(17)26-2/h4-6,8-11H,3,7H2,1-2H3,(H4,20,21,23). The Morgan fingerprint density at radius 1 is 1.17 bits per heavy atom. The second-order valence-electron chi connectivity index (χ2n) is 5.77. The normalized spacial score (nSPS) is 11.3. The minimum atomic E-state index is -4.18. The predicted octanol–water partition coefficient (Wildman–Crippen LogP) is 2.45. The Labute approximate surface area is 174 Å². The third-order valence-electron chi connectivity index (χ3n) is 3.40. The molecule has 0 saturated heterocycles. The highest BCUT2D eigenvalue weighted by atomic mass is 35.5. The van der Waals surface area contributed by atoms with E-state index in [-0.39, 0.29) is 34.0 Å². The first-order valence-electron chi connectivity index (χ1n) is 8.34. The highest BCUT2D eigenvalue weighted by Crippen LogP contribution is 2.31. The molecule has 0 fully saturated rings. The minimum absolute atomic E-state index is 0.0937. The van der Waals surface area contributed by atoms with Crippen LogP contribution < -0.4 is 25.1 Å². The molecule has 0 bridgehead atoms. The fraction of sp³-hybridized carbons (Fsp3) is 0.222. The van der Waals surface area contributed by atoms with Crippen molar-refractivity contribution in [3.05, 3.63) is 47.0 Å². The molecule has 0 saturated carbocycles. The van der Waals surface area contributed by atoms with Crippen LogP contribution in [-0.4, -0.2) is 34.3 Å². The van der Waals surface area contributed by atoms with E-state index in [1.165, 1.54) is 37.6 Å². The van der Waals surface area contributed by atoms with Crippen molar-refractivity contribution < 1.29 is 22.1 Å². The van der Waals surface area contributed by atoms with Crippen molar-refractivity contribution in [1.82, 2.24) is 0 Å². The first-order valence-corrected chi connectivity index (χ1v) is 10.1. The summed E-state index contributed by atoms with van der Waals surface area (Å²) in [7, 11) is -2.82. The third-order valence-corrected chi connectivity index (χ3v) is 4.90. The molecule has 2 aromatic rings. The lowest BCUT2D eigenvalue weighted by Gasteiger charge is -2.13. The van der Waals surface area contributed by atoms with Gasteiger partial charge < -0.3 is 25.1 Å². The number of guanidine groups is 1. The van der Waals surface area contributed by atoms with E-state index < -0.39 is 10.1 Å². The molecule has 0 aliphatic carbocycles. The van der Waals surface area contributed by atoms with Gasteiger partial charge in [-0.15, -0.1) is 5.10 Å². The number of benzene rings is 2. The summed E-state index contributed by atoms with van der Waals surface area (Å²) in [5.41, 5.74) is 11.1. The van der Waals surface area contributed by atoms with Crippen LogP contribution in [-0.2, 0) is 10.1 Å². The van der Waals surface area contributed by atoms with Gasteiger partial charge in [-0.05, 0) is 42.8 Å². The maximum Gasteiger partial charge on any atom is 0.342 e. The van der Waals surface area contributed by atoms with E-state index in [2.05, 4.69) is 10.2 Å². The first-order chi connectivity index (χ1) is 13.7. The smallest absolute Gasteiger partial charge is 0.342 e. The summed E-state index contributed by atoms with van der Waals surface area (Å²) < 4.78 is 41.3. The minimum Gasteiger partial charge on any atom is -0.495 e. The summed E-state index contributed by atoms with van der Waals surface area (Å²) in [5.74, 6) is 0.512. The molecule has 0 aromatic heterocycles. The van der Waals surface area contributed by atoms with E-state index in [1.807, 2.05) is 0 Å². The van der Waals surface area contributed by atoms with Gasteiger partial charge in [0.05, 0.1) is 13.7 Å². The van der Waals surface area contributed by atoms with Crippen molar-refractivity contribution in [3.63, 3.8) is 0 Å². The Hall–Kier alpha value is -2.98. The Morgan fingerprint density at radius 3 is 2.59 bits per heavy atom. The average Bonchev–Trinajstić information content (AvgIpc) is 2.63. The Morgan fingerprint density at radius 2 is 1.90 bits per heavy atom. The molecule has 4 N–H and O–H groups in total. The van der Waals surface area contributed by atoms with Gasteiger partial charge in [0.25, 0.3) is 0 Å². The van der Waals surface area contributed by atoms with Crippen LogP contribution in [0.4, 0.5) is 0 Å². The summed E-state index contributed by atoms with van der Waals surface area (Å²) in [6.07, 6.45) is 1.93. The lowest BCUT2D eigenvalue weighted by molar-refractivity contribution is 0.329. The van der Waals surface area contributed by atoms with E-state index in [1.54, 1.807) is 19.1 Å². The van der Waals surface area contributed by atoms with Crippen LogP contribution in [0.3, 0.4) is 0 Å². The van der Waals surface area contributed by atoms with Crippen molar-refractivity contribution in [2.24, 2.45) is 21.7 Å². The van der Waals surface area contributed by atoms with Gasteiger partial charge in [0.2, 0.25) is 5.96 Å². The SMILES string of the molecule is COc1ccc(Cl)cc1S(=O)(=O)Oc1cc(C)cc(OCCC=NN=C(N)N)c1. The van der Waals surface area contributed by atoms with Crippen LogP contribution in [0.15, 0.2) is 51.5 Å². The molecule has 2 aromatic carbocycles. The summed E-state index contributed by atoms with van der Waals surface area (Å²) in [6, 6.07) is 9.02. The summed E-state index contributed by atoms with van der Waals surface area (Å²) >= 11 is 5.92. The van der Waals surface area contributed by atoms with Gasteiger partial charge in [0, 0.05) is 23.7 Å². The fourth-order valence-corrected chi connectivity index (χ4v) is 3.60. The molecule has 0 radical (unpaired) electrons. The Kier molecular flexibility index (Phi) is 7.68. The number of aryl methyl sites for hydroxylation is 1. The van der Waals surface area contributed by atoms with Gasteiger partial charge in [-0.25, -0.2) is 0 Å². The highest BCUT2D eigenvalue weighted by Gasteiger charge is 2.23. The predicted molar refractivity (Wildman–Crippen MR) is 111 cm³/mol. The number of ether oxygens (including phenoxy) is 2. The number of halogens is 1. The van der Waals surface area contributed by atoms with Gasteiger partial charge in [0.1, 0.15) is 22.1 Å². The molecular formula is C18H21ClN4O5S. The van der Waals surface area contributed by atoms with Crippen LogP contribution in [0.2, 0.25) is 5.02 Å². The second-order valence-corrected chi connectivity index (χ2v) is 7.73. The number of hydrogen-bond acceptors (Lipinski definition) is 7. The third kappa shape index (κ3) is 6.84. The Balaban J connectivity index is 2.14. The van der Waals surface area contributed by atoms with Crippen molar-refractivity contribution in [2.75, 3.05) is 13.7 Å². The number of rotatable bonds is 9. The monoisotopic (exact) mass is 440 g/mol. The summed E-state index contributed by atoms with van der Waals surface area (Å²) in [4.78, 5) is -0.174. The van der Waals surface area contributed by atoms with Crippen LogP contribution in [0, 0.1) is 6.92 Å². The number of methoxy groups -OCH3 is 1. The zero-order valence-corrected chi connectivity index (χ0v) is 17.4. The maximum atomic E-state index is 12.7.